The van der Waals surface area contributed by atoms with E-state index in [4.69, 9.17) is 11.6 Å². The molecule has 66 valence electrons. The van der Waals surface area contributed by atoms with Gasteiger partial charge in [0.15, 0.2) is 0 Å². The van der Waals surface area contributed by atoms with Crippen LogP contribution in [0.5, 0.6) is 0 Å². The lowest BCUT2D eigenvalue weighted by atomic mass is 10.2. The number of nitrogens with zero attached hydrogens (tertiary/aromatic N) is 1. The van der Waals surface area contributed by atoms with Gasteiger partial charge in [0.05, 0.1) is 5.02 Å². The molecule has 0 unspecified atom stereocenters. The molecule has 0 radical (unpaired) electrons. The Labute approximate surface area is 81.9 Å². The third kappa shape index (κ3) is 1.07. The fraction of sp³-hybridized carbons (Fsp3) is 0.273. The summed E-state index contributed by atoms with van der Waals surface area (Å²) < 4.78 is 2.30. The van der Waals surface area contributed by atoms with Gasteiger partial charge in [-0.25, -0.2) is 0 Å². The van der Waals surface area contributed by atoms with Gasteiger partial charge in [0, 0.05) is 23.1 Å². The average Bonchev–Trinajstić information content (AvgIpc) is 2.94. The Bertz CT molecular complexity index is 454. The number of fused-ring (bicyclic) bond motifs is 1. The van der Waals surface area contributed by atoms with Crippen LogP contribution in [-0.4, -0.2) is 4.57 Å². The van der Waals surface area contributed by atoms with E-state index in [1.54, 1.807) is 0 Å². The quantitative estimate of drug-likeness (QED) is 0.649. The molecule has 1 heterocycles. The third-order valence-electron chi connectivity index (χ3n) is 2.63. The zero-order valence-electron chi connectivity index (χ0n) is 7.20. The number of hydrogen-bond donors (Lipinski definition) is 0. The van der Waals surface area contributed by atoms with E-state index in [9.17, 15) is 0 Å². The average molecular weight is 192 g/mol. The molecule has 1 aliphatic carbocycles. The Morgan fingerprint density at radius 3 is 2.77 bits per heavy atom. The van der Waals surface area contributed by atoms with E-state index in [0.717, 1.165) is 5.02 Å². The molecule has 0 atom stereocenters. The molecule has 13 heavy (non-hydrogen) atoms. The first-order valence-corrected chi connectivity index (χ1v) is 4.99. The predicted molar refractivity (Wildman–Crippen MR) is 55.2 cm³/mol. The topological polar surface area (TPSA) is 4.93 Å². The number of benzene rings is 1. The van der Waals surface area contributed by atoms with Crippen LogP contribution in [0.3, 0.4) is 0 Å². The normalized spacial score (nSPS) is 16.7. The van der Waals surface area contributed by atoms with E-state index < -0.39 is 0 Å². The molecule has 1 fully saturated rings. The van der Waals surface area contributed by atoms with E-state index in [0.29, 0.717) is 6.04 Å². The van der Waals surface area contributed by atoms with Crippen LogP contribution in [0.4, 0.5) is 0 Å². The van der Waals surface area contributed by atoms with Crippen molar-refractivity contribution in [3.8, 4) is 0 Å². The number of halogens is 1. The SMILES string of the molecule is Clc1cn(C2CC2)c2ccccc12. The summed E-state index contributed by atoms with van der Waals surface area (Å²) >= 11 is 6.13. The molecule has 0 aliphatic heterocycles. The molecule has 0 saturated heterocycles. The maximum atomic E-state index is 6.13. The van der Waals surface area contributed by atoms with Crippen LogP contribution in [0.25, 0.3) is 10.9 Å². The Balaban J connectivity index is 2.34. The van der Waals surface area contributed by atoms with Gasteiger partial charge in [0.2, 0.25) is 0 Å². The maximum Gasteiger partial charge on any atom is 0.0661 e. The first-order valence-electron chi connectivity index (χ1n) is 4.61. The third-order valence-corrected chi connectivity index (χ3v) is 2.93. The molecule has 0 N–H and O–H groups in total. The summed E-state index contributed by atoms with van der Waals surface area (Å²) in [6.07, 6.45) is 4.66. The molecule has 2 heteroatoms. The van der Waals surface area contributed by atoms with Crippen molar-refractivity contribution in [2.45, 2.75) is 18.9 Å². The van der Waals surface area contributed by atoms with Crippen molar-refractivity contribution in [3.05, 3.63) is 35.5 Å². The van der Waals surface area contributed by atoms with Gasteiger partial charge >= 0.3 is 0 Å². The molecule has 1 aromatic heterocycles. The Morgan fingerprint density at radius 2 is 2.00 bits per heavy atom. The summed E-state index contributed by atoms with van der Waals surface area (Å²) in [5, 5.41) is 2.05. The van der Waals surface area contributed by atoms with Gasteiger partial charge in [-0.15, -0.1) is 0 Å². The highest BCUT2D eigenvalue weighted by Gasteiger charge is 2.25. The maximum absolute atomic E-state index is 6.13. The molecule has 0 amide bonds. The molecule has 1 aliphatic rings. The van der Waals surface area contributed by atoms with Crippen molar-refractivity contribution < 1.29 is 0 Å². The zero-order valence-corrected chi connectivity index (χ0v) is 7.96. The Morgan fingerprint density at radius 1 is 1.23 bits per heavy atom. The molecule has 2 aromatic rings. The lowest BCUT2D eigenvalue weighted by Gasteiger charge is -2.00. The van der Waals surface area contributed by atoms with Crippen LogP contribution in [0.15, 0.2) is 30.5 Å². The van der Waals surface area contributed by atoms with Crippen molar-refractivity contribution in [3.63, 3.8) is 0 Å². The van der Waals surface area contributed by atoms with Crippen LogP contribution >= 0.6 is 11.6 Å². The highest BCUT2D eigenvalue weighted by atomic mass is 35.5. The molecule has 0 bridgehead atoms. The second-order valence-electron chi connectivity index (χ2n) is 3.63. The first kappa shape index (κ1) is 7.45. The minimum atomic E-state index is 0.706. The Hall–Kier alpha value is -0.950. The van der Waals surface area contributed by atoms with E-state index in [1.807, 2.05) is 6.07 Å². The lowest BCUT2D eigenvalue weighted by Crippen LogP contribution is -1.89. The minimum Gasteiger partial charge on any atom is -0.343 e. The smallest absolute Gasteiger partial charge is 0.0661 e. The number of aromatic nitrogens is 1. The lowest BCUT2D eigenvalue weighted by molar-refractivity contribution is 0.776. The molecule has 1 saturated carbocycles. The van der Waals surface area contributed by atoms with Crippen molar-refractivity contribution in [1.29, 1.82) is 0 Å². The van der Waals surface area contributed by atoms with E-state index in [1.165, 1.54) is 23.7 Å². The van der Waals surface area contributed by atoms with Gasteiger partial charge in [0.25, 0.3) is 0 Å². The van der Waals surface area contributed by atoms with Crippen LogP contribution in [0.2, 0.25) is 5.02 Å². The summed E-state index contributed by atoms with van der Waals surface area (Å²) in [6, 6.07) is 9.02. The summed E-state index contributed by atoms with van der Waals surface area (Å²) in [4.78, 5) is 0. The summed E-state index contributed by atoms with van der Waals surface area (Å²) in [7, 11) is 0. The highest BCUT2D eigenvalue weighted by molar-refractivity contribution is 6.35. The monoisotopic (exact) mass is 191 g/mol. The molecule has 1 aromatic carbocycles. The van der Waals surface area contributed by atoms with Gasteiger partial charge < -0.3 is 4.57 Å². The van der Waals surface area contributed by atoms with E-state index >= 15 is 0 Å². The summed E-state index contributed by atoms with van der Waals surface area (Å²) in [5.41, 5.74) is 1.27. The highest BCUT2D eigenvalue weighted by Crippen LogP contribution is 2.39. The van der Waals surface area contributed by atoms with Crippen molar-refractivity contribution >= 4 is 22.5 Å². The van der Waals surface area contributed by atoms with Crippen molar-refractivity contribution in [2.75, 3.05) is 0 Å². The second-order valence-corrected chi connectivity index (χ2v) is 4.04. The number of para-hydroxylation sites is 1. The van der Waals surface area contributed by atoms with Crippen LogP contribution in [0, 0.1) is 0 Å². The Kier molecular flexibility index (Phi) is 1.44. The van der Waals surface area contributed by atoms with E-state index in [-0.39, 0.29) is 0 Å². The fourth-order valence-corrected chi connectivity index (χ4v) is 2.08. The first-order chi connectivity index (χ1) is 6.36. The van der Waals surface area contributed by atoms with Crippen LogP contribution < -0.4 is 0 Å². The van der Waals surface area contributed by atoms with Gasteiger partial charge in [0.1, 0.15) is 0 Å². The van der Waals surface area contributed by atoms with Crippen LogP contribution in [-0.2, 0) is 0 Å². The standard InChI is InChI=1S/C11H10ClN/c12-10-7-13(8-5-6-8)11-4-2-1-3-9(10)11/h1-4,7-8H,5-6H2. The molecule has 0 spiro atoms. The molecular weight excluding hydrogens is 182 g/mol. The van der Waals surface area contributed by atoms with E-state index in [2.05, 4.69) is 29.0 Å². The second kappa shape index (κ2) is 2.52. The van der Waals surface area contributed by atoms with Crippen molar-refractivity contribution in [1.82, 2.24) is 4.57 Å². The van der Waals surface area contributed by atoms with Crippen LogP contribution in [0.1, 0.15) is 18.9 Å². The van der Waals surface area contributed by atoms with Gasteiger partial charge in [-0.2, -0.15) is 0 Å². The number of rotatable bonds is 1. The van der Waals surface area contributed by atoms with Gasteiger partial charge in [-0.3, -0.25) is 0 Å². The number of hydrogen-bond acceptors (Lipinski definition) is 0. The minimum absolute atomic E-state index is 0.706. The molecular formula is C11H10ClN. The molecule has 1 nitrogen and oxygen atoms in total. The fourth-order valence-electron chi connectivity index (χ4n) is 1.82. The molecule has 3 rings (SSSR count). The zero-order chi connectivity index (χ0) is 8.84. The van der Waals surface area contributed by atoms with Crippen molar-refractivity contribution in [2.24, 2.45) is 0 Å². The summed E-state index contributed by atoms with van der Waals surface area (Å²) in [6.45, 7) is 0. The van der Waals surface area contributed by atoms with Gasteiger partial charge in [-0.05, 0) is 18.9 Å². The largest absolute Gasteiger partial charge is 0.343 e. The summed E-state index contributed by atoms with van der Waals surface area (Å²) in [5.74, 6) is 0. The van der Waals surface area contributed by atoms with Gasteiger partial charge in [-0.1, -0.05) is 29.8 Å². The predicted octanol–water partition coefficient (Wildman–Crippen LogP) is 3.63.